The second-order valence-electron chi connectivity index (χ2n) is 4.37. The average Bonchev–Trinajstić information content (AvgIpc) is 2.74. The minimum absolute atomic E-state index is 0.0578. The largest absolute Gasteiger partial charge is 0.497 e. The molecule has 98 valence electrons. The lowest BCUT2D eigenvalue weighted by molar-refractivity contribution is 0.0935. The molecule has 1 aliphatic carbocycles. The molecule has 0 aromatic heterocycles. The molecule has 2 rings (SSSR count). The third-order valence-corrected chi connectivity index (χ3v) is 4.26. The van der Waals surface area contributed by atoms with Gasteiger partial charge in [0.05, 0.1) is 12.7 Å². The Bertz CT molecular complexity index is 453. The van der Waals surface area contributed by atoms with E-state index in [2.05, 4.69) is 21.2 Å². The van der Waals surface area contributed by atoms with Crippen molar-refractivity contribution in [3.63, 3.8) is 0 Å². The van der Waals surface area contributed by atoms with E-state index in [1.165, 1.54) is 19.2 Å². The molecule has 0 aliphatic heterocycles. The monoisotopic (exact) mass is 315 g/mol. The predicted molar refractivity (Wildman–Crippen MR) is 70.8 cm³/mol. The molecule has 2 unspecified atom stereocenters. The number of methoxy groups -OCH3 is 1. The van der Waals surface area contributed by atoms with Crippen LogP contribution in [0.1, 0.15) is 29.6 Å². The van der Waals surface area contributed by atoms with Crippen molar-refractivity contribution < 1.29 is 13.9 Å². The lowest BCUT2D eigenvalue weighted by Gasteiger charge is -2.16. The van der Waals surface area contributed by atoms with Crippen molar-refractivity contribution in [2.24, 2.45) is 0 Å². The van der Waals surface area contributed by atoms with Gasteiger partial charge in [0.2, 0.25) is 0 Å². The summed E-state index contributed by atoms with van der Waals surface area (Å²) in [7, 11) is 1.46. The summed E-state index contributed by atoms with van der Waals surface area (Å²) in [5.41, 5.74) is 0.0578. The molecule has 0 radical (unpaired) electrons. The molecule has 1 aliphatic rings. The standard InChI is InChI=1S/C13H15BrFNO2/c1-18-8-5-6-9(11(15)7-8)13(17)16-12-4-2-3-10(12)14/h5-7,10,12H,2-4H2,1H3,(H,16,17). The minimum atomic E-state index is -0.559. The Morgan fingerprint density at radius 2 is 2.28 bits per heavy atom. The van der Waals surface area contributed by atoms with Gasteiger partial charge >= 0.3 is 0 Å². The summed E-state index contributed by atoms with van der Waals surface area (Å²) in [6.45, 7) is 0. The van der Waals surface area contributed by atoms with Crippen molar-refractivity contribution >= 4 is 21.8 Å². The number of amides is 1. The van der Waals surface area contributed by atoms with E-state index in [1.54, 1.807) is 6.07 Å². The quantitative estimate of drug-likeness (QED) is 0.871. The van der Waals surface area contributed by atoms with E-state index >= 15 is 0 Å². The van der Waals surface area contributed by atoms with Crippen LogP contribution in [0, 0.1) is 5.82 Å². The van der Waals surface area contributed by atoms with Crippen LogP contribution in [0.3, 0.4) is 0 Å². The summed E-state index contributed by atoms with van der Waals surface area (Å²) in [4.78, 5) is 12.2. The number of rotatable bonds is 3. The van der Waals surface area contributed by atoms with Crippen LogP contribution in [0.4, 0.5) is 4.39 Å². The number of nitrogens with one attached hydrogen (secondary N) is 1. The third-order valence-electron chi connectivity index (χ3n) is 3.17. The van der Waals surface area contributed by atoms with Crippen molar-refractivity contribution in [2.45, 2.75) is 30.1 Å². The van der Waals surface area contributed by atoms with Gasteiger partial charge in [0.25, 0.3) is 5.91 Å². The lowest BCUT2D eigenvalue weighted by Crippen LogP contribution is -2.38. The molecule has 0 heterocycles. The molecule has 2 atom stereocenters. The van der Waals surface area contributed by atoms with E-state index in [4.69, 9.17) is 4.74 Å². The molecule has 3 nitrogen and oxygen atoms in total. The Labute approximate surface area is 114 Å². The molecule has 1 N–H and O–H groups in total. The van der Waals surface area contributed by atoms with Gasteiger partial charge < -0.3 is 10.1 Å². The first kappa shape index (κ1) is 13.3. The zero-order chi connectivity index (χ0) is 13.1. The van der Waals surface area contributed by atoms with Crippen molar-refractivity contribution in [1.29, 1.82) is 0 Å². The highest BCUT2D eigenvalue weighted by atomic mass is 79.9. The Balaban J connectivity index is 2.09. The minimum Gasteiger partial charge on any atom is -0.497 e. The summed E-state index contributed by atoms with van der Waals surface area (Å²) in [5.74, 6) is -0.522. The first-order valence-electron chi connectivity index (χ1n) is 5.90. The average molecular weight is 316 g/mol. The van der Waals surface area contributed by atoms with Crippen molar-refractivity contribution in [2.75, 3.05) is 7.11 Å². The molecule has 18 heavy (non-hydrogen) atoms. The summed E-state index contributed by atoms with van der Waals surface area (Å²) in [6.07, 6.45) is 3.04. The maximum absolute atomic E-state index is 13.7. The summed E-state index contributed by atoms with van der Waals surface area (Å²) >= 11 is 3.52. The number of benzene rings is 1. The number of carbonyl (C=O) groups is 1. The van der Waals surface area contributed by atoms with Crippen molar-refractivity contribution in [1.82, 2.24) is 5.32 Å². The SMILES string of the molecule is COc1ccc(C(=O)NC2CCCC2Br)c(F)c1. The van der Waals surface area contributed by atoms with Crippen molar-refractivity contribution in [3.05, 3.63) is 29.6 Å². The van der Waals surface area contributed by atoms with Crippen LogP contribution < -0.4 is 10.1 Å². The zero-order valence-corrected chi connectivity index (χ0v) is 11.7. The van der Waals surface area contributed by atoms with Gasteiger partial charge in [0.15, 0.2) is 0 Å². The van der Waals surface area contributed by atoms with Gasteiger partial charge in [0.1, 0.15) is 11.6 Å². The molecule has 0 spiro atoms. The maximum Gasteiger partial charge on any atom is 0.254 e. The molecule has 1 fully saturated rings. The number of ether oxygens (including phenoxy) is 1. The third kappa shape index (κ3) is 2.83. The summed E-state index contributed by atoms with van der Waals surface area (Å²) in [5, 5.41) is 2.86. The molecule has 0 bridgehead atoms. The maximum atomic E-state index is 13.7. The molecule has 1 saturated carbocycles. The molecular weight excluding hydrogens is 301 g/mol. The van der Waals surface area contributed by atoms with Gasteiger partial charge in [0, 0.05) is 16.9 Å². The first-order valence-corrected chi connectivity index (χ1v) is 6.82. The number of alkyl halides is 1. The molecule has 1 aromatic rings. The fourth-order valence-corrected chi connectivity index (χ4v) is 2.85. The number of hydrogen-bond donors (Lipinski definition) is 1. The predicted octanol–water partition coefficient (Wildman–Crippen LogP) is 2.88. The Morgan fingerprint density at radius 3 is 2.83 bits per heavy atom. The summed E-state index contributed by atoms with van der Waals surface area (Å²) in [6, 6.07) is 4.33. The topological polar surface area (TPSA) is 38.3 Å². The normalized spacial score (nSPS) is 22.8. The van der Waals surface area contributed by atoms with E-state index in [0.717, 1.165) is 19.3 Å². The van der Waals surface area contributed by atoms with Gasteiger partial charge in [-0.15, -0.1) is 0 Å². The fourth-order valence-electron chi connectivity index (χ4n) is 2.13. The molecular formula is C13H15BrFNO2. The molecule has 5 heteroatoms. The van der Waals surface area contributed by atoms with Gasteiger partial charge in [-0.1, -0.05) is 22.4 Å². The first-order chi connectivity index (χ1) is 8.61. The Hall–Kier alpha value is -1.10. The highest BCUT2D eigenvalue weighted by Gasteiger charge is 2.27. The van der Waals surface area contributed by atoms with E-state index in [0.29, 0.717) is 5.75 Å². The van der Waals surface area contributed by atoms with E-state index in [-0.39, 0.29) is 22.3 Å². The van der Waals surface area contributed by atoms with Gasteiger partial charge in [-0.3, -0.25) is 4.79 Å². The van der Waals surface area contributed by atoms with Crippen LogP contribution in [0.5, 0.6) is 5.75 Å². The van der Waals surface area contributed by atoms with Crippen LogP contribution in [-0.2, 0) is 0 Å². The smallest absolute Gasteiger partial charge is 0.254 e. The highest BCUT2D eigenvalue weighted by Crippen LogP contribution is 2.26. The molecule has 1 aromatic carbocycles. The Morgan fingerprint density at radius 1 is 1.50 bits per heavy atom. The molecule has 0 saturated heterocycles. The van der Waals surface area contributed by atoms with Crippen LogP contribution in [0.2, 0.25) is 0 Å². The second kappa shape index (κ2) is 5.69. The van der Waals surface area contributed by atoms with Crippen LogP contribution in [0.15, 0.2) is 18.2 Å². The highest BCUT2D eigenvalue weighted by molar-refractivity contribution is 9.09. The van der Waals surface area contributed by atoms with Gasteiger partial charge in [-0.25, -0.2) is 4.39 Å². The lowest BCUT2D eigenvalue weighted by atomic mass is 10.1. The van der Waals surface area contributed by atoms with Crippen molar-refractivity contribution in [3.8, 4) is 5.75 Å². The van der Waals surface area contributed by atoms with Crippen LogP contribution in [-0.4, -0.2) is 23.9 Å². The zero-order valence-electron chi connectivity index (χ0n) is 10.1. The van der Waals surface area contributed by atoms with Gasteiger partial charge in [-0.2, -0.15) is 0 Å². The fraction of sp³-hybridized carbons (Fsp3) is 0.462. The Kier molecular flexibility index (Phi) is 4.22. The number of hydrogen-bond acceptors (Lipinski definition) is 2. The number of carbonyl (C=O) groups excluding carboxylic acids is 1. The second-order valence-corrected chi connectivity index (χ2v) is 5.55. The number of halogens is 2. The van der Waals surface area contributed by atoms with Gasteiger partial charge in [-0.05, 0) is 25.0 Å². The van der Waals surface area contributed by atoms with E-state index < -0.39 is 5.82 Å². The summed E-state index contributed by atoms with van der Waals surface area (Å²) < 4.78 is 18.6. The molecule has 1 amide bonds. The van der Waals surface area contributed by atoms with E-state index in [1.807, 2.05) is 0 Å². The van der Waals surface area contributed by atoms with E-state index in [9.17, 15) is 9.18 Å². The van der Waals surface area contributed by atoms with Crippen LogP contribution in [0.25, 0.3) is 0 Å². The van der Waals surface area contributed by atoms with Crippen LogP contribution >= 0.6 is 15.9 Å².